The summed E-state index contributed by atoms with van der Waals surface area (Å²) in [5, 5.41) is 34.8. The molecule has 1 aliphatic carbocycles. The van der Waals surface area contributed by atoms with Crippen LogP contribution >= 0.6 is 0 Å². The molecule has 0 aromatic carbocycles. The van der Waals surface area contributed by atoms with Gasteiger partial charge in [0.15, 0.2) is 11.5 Å². The van der Waals surface area contributed by atoms with Crippen molar-refractivity contribution in [3.63, 3.8) is 0 Å². The van der Waals surface area contributed by atoms with Gasteiger partial charge in [-0.2, -0.15) is 0 Å². The second-order valence-corrected chi connectivity index (χ2v) is 1.84. The Morgan fingerprint density at radius 3 is 2.40 bits per heavy atom. The molecule has 0 saturated heterocycles. The highest BCUT2D eigenvalue weighted by Gasteiger charge is 2.20. The summed E-state index contributed by atoms with van der Waals surface area (Å²) in [5.41, 5.74) is 0. The molecular formula is C6H6O4. The standard InChI is InChI=1S/C6H6O4/c7-3-1-4(8)6(10)5(9)2-3/h1,3,7-10H. The van der Waals surface area contributed by atoms with Gasteiger partial charge in [-0.05, 0) is 0 Å². The van der Waals surface area contributed by atoms with Gasteiger partial charge in [0.2, 0.25) is 0 Å². The Bertz CT molecular complexity index is 204. The third kappa shape index (κ3) is 1.06. The highest BCUT2D eigenvalue weighted by atomic mass is 16.3. The zero-order chi connectivity index (χ0) is 7.72. The lowest BCUT2D eigenvalue weighted by Crippen LogP contribution is -2.14. The fraction of sp³-hybridized carbons (Fsp3) is 0.167. The lowest BCUT2D eigenvalue weighted by Gasteiger charge is -2.11. The third-order valence-corrected chi connectivity index (χ3v) is 1.07. The second-order valence-electron chi connectivity index (χ2n) is 1.84. The van der Waals surface area contributed by atoms with Crippen LogP contribution in [0.1, 0.15) is 0 Å². The summed E-state index contributed by atoms with van der Waals surface area (Å²) in [6, 6.07) is 0. The predicted octanol–water partition coefficient (Wildman–Crippen LogP) is 0.138. The predicted molar refractivity (Wildman–Crippen MR) is 32.0 cm³/mol. The Labute approximate surface area is 57.4 Å². The minimum absolute atomic E-state index is 0.538. The summed E-state index contributed by atoms with van der Waals surface area (Å²) < 4.78 is 0. The lowest BCUT2D eigenvalue weighted by atomic mass is 10.1. The molecule has 1 rings (SSSR count). The van der Waals surface area contributed by atoms with Gasteiger partial charge in [0.25, 0.3) is 0 Å². The molecule has 0 amide bonds. The minimum atomic E-state index is -1.16. The van der Waals surface area contributed by atoms with Crippen molar-refractivity contribution in [2.45, 2.75) is 6.10 Å². The molecule has 54 valence electrons. The molecule has 0 aromatic heterocycles. The molecule has 0 bridgehead atoms. The molecule has 0 spiro atoms. The largest absolute Gasteiger partial charge is 0.508 e. The monoisotopic (exact) mass is 142 g/mol. The minimum Gasteiger partial charge on any atom is -0.508 e. The number of rotatable bonds is 0. The molecule has 0 fully saturated rings. The van der Waals surface area contributed by atoms with Crippen LogP contribution in [-0.2, 0) is 0 Å². The SMILES string of the molecule is OC1=[C]C(O)[CH]C(O)=C1O. The first-order valence-corrected chi connectivity index (χ1v) is 2.59. The van der Waals surface area contributed by atoms with Crippen LogP contribution in [0, 0.1) is 12.5 Å². The van der Waals surface area contributed by atoms with Crippen LogP contribution in [0.25, 0.3) is 0 Å². The average molecular weight is 142 g/mol. The van der Waals surface area contributed by atoms with Crippen LogP contribution in [-0.4, -0.2) is 26.5 Å². The third-order valence-electron chi connectivity index (χ3n) is 1.07. The van der Waals surface area contributed by atoms with E-state index >= 15 is 0 Å². The Morgan fingerprint density at radius 1 is 1.30 bits per heavy atom. The zero-order valence-corrected chi connectivity index (χ0v) is 4.94. The highest BCUT2D eigenvalue weighted by Crippen LogP contribution is 2.17. The molecule has 1 aliphatic rings. The van der Waals surface area contributed by atoms with Crippen molar-refractivity contribution in [2.24, 2.45) is 0 Å². The van der Waals surface area contributed by atoms with E-state index in [1.54, 1.807) is 0 Å². The van der Waals surface area contributed by atoms with Crippen molar-refractivity contribution in [3.8, 4) is 0 Å². The molecule has 2 radical (unpaired) electrons. The molecule has 4 N–H and O–H groups in total. The van der Waals surface area contributed by atoms with E-state index in [-0.39, 0.29) is 0 Å². The first-order valence-electron chi connectivity index (χ1n) is 2.59. The number of hydrogen-bond acceptors (Lipinski definition) is 4. The topological polar surface area (TPSA) is 80.9 Å². The Balaban J connectivity index is 2.90. The fourth-order valence-corrected chi connectivity index (χ4v) is 0.600. The quantitative estimate of drug-likeness (QED) is 0.387. The van der Waals surface area contributed by atoms with Crippen molar-refractivity contribution in [3.05, 3.63) is 29.8 Å². The maximum absolute atomic E-state index is 8.72. The van der Waals surface area contributed by atoms with Crippen molar-refractivity contribution >= 4 is 0 Å². The van der Waals surface area contributed by atoms with Gasteiger partial charge in [-0.1, -0.05) is 0 Å². The van der Waals surface area contributed by atoms with Gasteiger partial charge < -0.3 is 20.4 Å². The molecular weight excluding hydrogens is 136 g/mol. The molecule has 0 heterocycles. The Morgan fingerprint density at radius 2 is 1.90 bits per heavy atom. The van der Waals surface area contributed by atoms with Crippen LogP contribution in [0.2, 0.25) is 0 Å². The Hall–Kier alpha value is -1.16. The van der Waals surface area contributed by atoms with Crippen LogP contribution < -0.4 is 0 Å². The van der Waals surface area contributed by atoms with Crippen molar-refractivity contribution < 1.29 is 20.4 Å². The van der Waals surface area contributed by atoms with E-state index in [0.717, 1.165) is 6.42 Å². The molecule has 0 aliphatic heterocycles. The maximum atomic E-state index is 8.72. The normalized spacial score (nSPS) is 26.5. The van der Waals surface area contributed by atoms with E-state index in [2.05, 4.69) is 6.08 Å². The Kier molecular flexibility index (Phi) is 1.55. The van der Waals surface area contributed by atoms with E-state index in [1.807, 2.05) is 0 Å². The van der Waals surface area contributed by atoms with Gasteiger partial charge in [-0.3, -0.25) is 0 Å². The zero-order valence-electron chi connectivity index (χ0n) is 4.94. The van der Waals surface area contributed by atoms with Crippen molar-refractivity contribution in [1.29, 1.82) is 0 Å². The van der Waals surface area contributed by atoms with E-state index < -0.39 is 23.4 Å². The number of aliphatic hydroxyl groups excluding tert-OH is 4. The van der Waals surface area contributed by atoms with Gasteiger partial charge in [0, 0.05) is 6.08 Å². The summed E-state index contributed by atoms with van der Waals surface area (Å²) in [6.45, 7) is 0. The molecule has 4 heteroatoms. The van der Waals surface area contributed by atoms with Gasteiger partial charge in [0.1, 0.15) is 5.76 Å². The smallest absolute Gasteiger partial charge is 0.196 e. The highest BCUT2D eigenvalue weighted by molar-refractivity contribution is 5.30. The van der Waals surface area contributed by atoms with Crippen LogP contribution in [0.5, 0.6) is 0 Å². The maximum Gasteiger partial charge on any atom is 0.196 e. The average Bonchev–Trinajstić information content (AvgIpc) is 1.82. The van der Waals surface area contributed by atoms with Gasteiger partial charge in [-0.15, -0.1) is 0 Å². The lowest BCUT2D eigenvalue weighted by molar-refractivity contribution is 0.203. The van der Waals surface area contributed by atoms with Gasteiger partial charge in [-0.25, -0.2) is 0 Å². The summed E-state index contributed by atoms with van der Waals surface area (Å²) in [6.07, 6.45) is 1.86. The van der Waals surface area contributed by atoms with Gasteiger partial charge in [0.05, 0.1) is 12.5 Å². The molecule has 1 atom stereocenters. The second kappa shape index (κ2) is 2.22. The first kappa shape index (κ1) is 6.95. The number of aliphatic hydroxyl groups is 4. The van der Waals surface area contributed by atoms with E-state index in [0.29, 0.717) is 0 Å². The summed E-state index contributed by atoms with van der Waals surface area (Å²) in [7, 11) is 0. The van der Waals surface area contributed by atoms with Crippen molar-refractivity contribution in [1.82, 2.24) is 0 Å². The van der Waals surface area contributed by atoms with Gasteiger partial charge >= 0.3 is 0 Å². The van der Waals surface area contributed by atoms with E-state index in [4.69, 9.17) is 20.4 Å². The van der Waals surface area contributed by atoms with Crippen LogP contribution in [0.3, 0.4) is 0 Å². The molecule has 1 unspecified atom stereocenters. The van der Waals surface area contributed by atoms with Crippen molar-refractivity contribution in [2.75, 3.05) is 0 Å². The summed E-state index contributed by atoms with van der Waals surface area (Å²) in [4.78, 5) is 0. The molecule has 0 aromatic rings. The van der Waals surface area contributed by atoms with E-state index in [9.17, 15) is 0 Å². The molecule has 4 nitrogen and oxygen atoms in total. The van der Waals surface area contributed by atoms with E-state index in [1.165, 1.54) is 0 Å². The van der Waals surface area contributed by atoms with Crippen LogP contribution in [0.15, 0.2) is 17.3 Å². The number of hydrogen-bond donors (Lipinski definition) is 4. The molecule has 0 saturated carbocycles. The fourth-order valence-electron chi connectivity index (χ4n) is 0.600. The molecule has 10 heavy (non-hydrogen) atoms. The van der Waals surface area contributed by atoms with Crippen LogP contribution in [0.4, 0.5) is 0 Å². The summed E-state index contributed by atoms with van der Waals surface area (Å²) >= 11 is 0. The summed E-state index contributed by atoms with van der Waals surface area (Å²) in [5.74, 6) is -1.83. The first-order chi connectivity index (χ1) is 4.61.